The van der Waals surface area contributed by atoms with E-state index in [4.69, 9.17) is 5.73 Å². The Kier molecular flexibility index (Phi) is 3.77. The summed E-state index contributed by atoms with van der Waals surface area (Å²) in [6.45, 7) is 0. The fraction of sp³-hybridized carbons (Fsp3) is 0.875. The molecular weight excluding hydrogens is 194 g/mol. The highest BCUT2D eigenvalue weighted by atomic mass is 19.3. The molecule has 0 aromatic rings. The molecule has 4 N–H and O–H groups in total. The Morgan fingerprint density at radius 2 is 2.14 bits per heavy atom. The number of nitrogens with two attached hydrogens (primary N) is 1. The Labute approximate surface area is 80.5 Å². The van der Waals surface area contributed by atoms with Crippen molar-refractivity contribution in [2.45, 2.75) is 43.9 Å². The van der Waals surface area contributed by atoms with Gasteiger partial charge in [-0.2, -0.15) is 0 Å². The quantitative estimate of drug-likeness (QED) is 0.576. The van der Waals surface area contributed by atoms with Crippen molar-refractivity contribution in [2.75, 3.05) is 0 Å². The maximum absolute atomic E-state index is 11.9. The third-order valence-electron chi connectivity index (χ3n) is 2.05. The number of nitrogens with one attached hydrogen (secondary N) is 1. The van der Waals surface area contributed by atoms with E-state index in [0.29, 0.717) is 0 Å². The van der Waals surface area contributed by atoms with E-state index in [0.717, 1.165) is 12.8 Å². The molecule has 1 aliphatic carbocycles. The van der Waals surface area contributed by atoms with Gasteiger partial charge in [0, 0.05) is 18.5 Å². The lowest BCUT2D eigenvalue weighted by Gasteiger charge is -2.17. The van der Waals surface area contributed by atoms with Crippen molar-refractivity contribution < 1.29 is 18.7 Å². The van der Waals surface area contributed by atoms with Gasteiger partial charge in [0.15, 0.2) is 0 Å². The molecule has 82 valence electrons. The van der Waals surface area contributed by atoms with Crippen LogP contribution in [0.2, 0.25) is 0 Å². The Balaban J connectivity index is 2.29. The van der Waals surface area contributed by atoms with Gasteiger partial charge in [0.1, 0.15) is 6.10 Å². The normalized spacial score (nSPS) is 20.6. The molecule has 0 saturated heterocycles. The number of carbonyl (C=O) groups is 1. The van der Waals surface area contributed by atoms with Gasteiger partial charge in [0.05, 0.1) is 0 Å². The number of rotatable bonds is 5. The van der Waals surface area contributed by atoms with Gasteiger partial charge in [-0.15, -0.1) is 0 Å². The lowest BCUT2D eigenvalue weighted by atomic mass is 10.1. The molecule has 4 nitrogen and oxygen atoms in total. The maximum Gasteiger partial charge on any atom is 0.250 e. The van der Waals surface area contributed by atoms with Crippen LogP contribution in [0.4, 0.5) is 8.78 Å². The highest BCUT2D eigenvalue weighted by Gasteiger charge is 2.30. The van der Waals surface area contributed by atoms with Crippen molar-refractivity contribution in [3.05, 3.63) is 0 Å². The molecule has 6 heteroatoms. The van der Waals surface area contributed by atoms with Crippen LogP contribution in [0.3, 0.4) is 0 Å². The zero-order valence-electron chi connectivity index (χ0n) is 7.62. The molecule has 0 aromatic heterocycles. The average molecular weight is 208 g/mol. The van der Waals surface area contributed by atoms with Crippen LogP contribution in [0, 0.1) is 0 Å². The van der Waals surface area contributed by atoms with E-state index >= 15 is 0 Å². The molecule has 0 bridgehead atoms. The number of halogens is 2. The largest absolute Gasteiger partial charge is 0.382 e. The molecular formula is C8H14F2N2O2. The van der Waals surface area contributed by atoms with Gasteiger partial charge in [-0.25, -0.2) is 8.78 Å². The van der Waals surface area contributed by atoms with Crippen molar-refractivity contribution in [1.82, 2.24) is 5.32 Å². The van der Waals surface area contributed by atoms with E-state index in [9.17, 15) is 18.7 Å². The first kappa shape index (κ1) is 11.3. The Morgan fingerprint density at radius 3 is 2.57 bits per heavy atom. The summed E-state index contributed by atoms with van der Waals surface area (Å²) in [5, 5.41) is 11.7. The van der Waals surface area contributed by atoms with Crippen LogP contribution in [-0.4, -0.2) is 35.6 Å². The zero-order chi connectivity index (χ0) is 10.7. The van der Waals surface area contributed by atoms with E-state index in [1.807, 2.05) is 0 Å². The number of hydrogen-bond donors (Lipinski definition) is 3. The van der Waals surface area contributed by atoms with Crippen molar-refractivity contribution in [1.29, 1.82) is 0 Å². The van der Waals surface area contributed by atoms with Crippen LogP contribution in [0.15, 0.2) is 0 Å². The second kappa shape index (κ2) is 4.65. The Bertz CT molecular complexity index is 210. The van der Waals surface area contributed by atoms with Gasteiger partial charge in [0.2, 0.25) is 6.43 Å². The van der Waals surface area contributed by atoms with Crippen LogP contribution in [0.1, 0.15) is 19.3 Å². The van der Waals surface area contributed by atoms with E-state index < -0.39 is 30.9 Å². The maximum atomic E-state index is 11.9. The highest BCUT2D eigenvalue weighted by molar-refractivity contribution is 5.81. The van der Waals surface area contributed by atoms with E-state index in [1.54, 1.807) is 0 Å². The molecule has 1 fully saturated rings. The van der Waals surface area contributed by atoms with Gasteiger partial charge < -0.3 is 16.2 Å². The summed E-state index contributed by atoms with van der Waals surface area (Å²) >= 11 is 0. The summed E-state index contributed by atoms with van der Waals surface area (Å²) in [5.74, 6) is -0.652. The van der Waals surface area contributed by atoms with Gasteiger partial charge in [-0.05, 0) is 12.8 Å². The smallest absolute Gasteiger partial charge is 0.250 e. The topological polar surface area (TPSA) is 75.3 Å². The van der Waals surface area contributed by atoms with E-state index in [-0.39, 0.29) is 6.04 Å². The third-order valence-corrected chi connectivity index (χ3v) is 2.05. The molecule has 14 heavy (non-hydrogen) atoms. The fourth-order valence-electron chi connectivity index (χ4n) is 1.04. The monoisotopic (exact) mass is 208 g/mol. The minimum atomic E-state index is -2.60. The minimum absolute atomic E-state index is 0.0934. The van der Waals surface area contributed by atoms with E-state index in [1.165, 1.54) is 0 Å². The molecule has 1 amide bonds. The van der Waals surface area contributed by atoms with Crippen LogP contribution in [-0.2, 0) is 4.79 Å². The van der Waals surface area contributed by atoms with Crippen LogP contribution in [0.25, 0.3) is 0 Å². The minimum Gasteiger partial charge on any atom is -0.382 e. The number of alkyl halides is 2. The number of aliphatic hydroxyl groups is 1. The number of amides is 1. The second-order valence-electron chi connectivity index (χ2n) is 3.52. The van der Waals surface area contributed by atoms with Crippen molar-refractivity contribution in [2.24, 2.45) is 5.73 Å². The number of aliphatic hydroxyl groups excluding tert-OH is 1. The average Bonchev–Trinajstić information content (AvgIpc) is 2.85. The molecule has 1 saturated carbocycles. The van der Waals surface area contributed by atoms with Crippen molar-refractivity contribution >= 4 is 5.91 Å². The highest BCUT2D eigenvalue weighted by Crippen LogP contribution is 2.19. The molecule has 0 aromatic carbocycles. The molecule has 0 heterocycles. The third kappa shape index (κ3) is 3.55. The SMILES string of the molecule is NC(CC(F)F)C(O)C(=O)NC1CC1. The fourth-order valence-corrected chi connectivity index (χ4v) is 1.04. The number of carbonyl (C=O) groups excluding carboxylic acids is 1. The van der Waals surface area contributed by atoms with Gasteiger partial charge in [0.25, 0.3) is 5.91 Å². The summed E-state index contributed by atoms with van der Waals surface area (Å²) < 4.78 is 23.7. The van der Waals surface area contributed by atoms with Crippen molar-refractivity contribution in [3.8, 4) is 0 Å². The molecule has 1 aliphatic rings. The number of hydrogen-bond acceptors (Lipinski definition) is 3. The Hall–Kier alpha value is -0.750. The predicted molar refractivity (Wildman–Crippen MR) is 45.8 cm³/mol. The van der Waals surface area contributed by atoms with E-state index in [2.05, 4.69) is 5.32 Å². The molecule has 2 atom stereocenters. The zero-order valence-corrected chi connectivity index (χ0v) is 7.62. The summed E-state index contributed by atoms with van der Waals surface area (Å²) in [4.78, 5) is 11.1. The second-order valence-corrected chi connectivity index (χ2v) is 3.52. The molecule has 0 spiro atoms. The standard InChI is InChI=1S/C8H14F2N2O2/c9-6(10)3-5(11)7(13)8(14)12-4-1-2-4/h4-7,13H,1-3,11H2,(H,12,14). The van der Waals surface area contributed by atoms with Crippen molar-refractivity contribution in [3.63, 3.8) is 0 Å². The first-order valence-electron chi connectivity index (χ1n) is 4.53. The molecule has 0 aliphatic heterocycles. The van der Waals surface area contributed by atoms with Gasteiger partial charge >= 0.3 is 0 Å². The molecule has 0 radical (unpaired) electrons. The predicted octanol–water partition coefficient (Wildman–Crippen LogP) is -0.392. The van der Waals surface area contributed by atoms with Crippen LogP contribution < -0.4 is 11.1 Å². The van der Waals surface area contributed by atoms with Crippen LogP contribution >= 0.6 is 0 Å². The first-order chi connectivity index (χ1) is 6.50. The summed E-state index contributed by atoms with van der Waals surface area (Å²) in [6, 6.07) is -1.11. The van der Waals surface area contributed by atoms with Gasteiger partial charge in [-0.1, -0.05) is 0 Å². The summed E-state index contributed by atoms with van der Waals surface area (Å²) in [7, 11) is 0. The summed E-state index contributed by atoms with van der Waals surface area (Å²) in [6.07, 6.45) is -3.05. The Morgan fingerprint density at radius 1 is 1.57 bits per heavy atom. The van der Waals surface area contributed by atoms with Gasteiger partial charge in [-0.3, -0.25) is 4.79 Å². The molecule has 1 rings (SSSR count). The molecule has 2 unspecified atom stereocenters. The first-order valence-corrected chi connectivity index (χ1v) is 4.53. The van der Waals surface area contributed by atoms with Crippen LogP contribution in [0.5, 0.6) is 0 Å². The lowest BCUT2D eigenvalue weighted by molar-refractivity contribution is -0.130. The lowest BCUT2D eigenvalue weighted by Crippen LogP contribution is -2.47. The summed E-state index contributed by atoms with van der Waals surface area (Å²) in [5.41, 5.74) is 5.22.